The standard InChI is InChI=1S/C13H16FNO5/c1-13(2,3)20-12(18)15-9-5-8(14)10(17)11(19-4)7(9)6-16/h5-6,17H,1-4H3,(H,15,18). The van der Waals surface area contributed by atoms with Gasteiger partial charge < -0.3 is 14.6 Å². The monoisotopic (exact) mass is 285 g/mol. The predicted molar refractivity (Wildman–Crippen MR) is 69.9 cm³/mol. The van der Waals surface area contributed by atoms with Gasteiger partial charge in [-0.1, -0.05) is 0 Å². The molecule has 0 spiro atoms. The van der Waals surface area contributed by atoms with E-state index < -0.39 is 23.3 Å². The molecule has 0 saturated heterocycles. The Balaban J connectivity index is 3.16. The third-order valence-electron chi connectivity index (χ3n) is 2.20. The topological polar surface area (TPSA) is 84.9 Å². The SMILES string of the molecule is COc1c(O)c(F)cc(NC(=O)OC(C)(C)C)c1C=O. The molecule has 0 aliphatic rings. The smallest absolute Gasteiger partial charge is 0.412 e. The molecule has 2 N–H and O–H groups in total. The summed E-state index contributed by atoms with van der Waals surface area (Å²) in [5.74, 6) is -2.19. The van der Waals surface area contributed by atoms with Crippen LogP contribution in [0.1, 0.15) is 31.1 Å². The van der Waals surface area contributed by atoms with E-state index in [-0.39, 0.29) is 17.0 Å². The van der Waals surface area contributed by atoms with Gasteiger partial charge in [0, 0.05) is 6.07 Å². The zero-order chi connectivity index (χ0) is 15.5. The summed E-state index contributed by atoms with van der Waals surface area (Å²) in [6.07, 6.45) is -0.516. The number of phenols is 1. The molecular weight excluding hydrogens is 269 g/mol. The summed E-state index contributed by atoms with van der Waals surface area (Å²) < 4.78 is 23.2. The van der Waals surface area contributed by atoms with Gasteiger partial charge in [0.15, 0.2) is 23.6 Å². The number of aromatic hydroxyl groups is 1. The lowest BCUT2D eigenvalue weighted by atomic mass is 10.1. The van der Waals surface area contributed by atoms with E-state index in [0.717, 1.165) is 6.07 Å². The lowest BCUT2D eigenvalue weighted by molar-refractivity contribution is 0.0636. The van der Waals surface area contributed by atoms with E-state index in [1.54, 1.807) is 20.8 Å². The van der Waals surface area contributed by atoms with Crippen LogP contribution in [0.2, 0.25) is 0 Å². The molecule has 0 aliphatic carbocycles. The van der Waals surface area contributed by atoms with E-state index in [4.69, 9.17) is 9.47 Å². The van der Waals surface area contributed by atoms with Crippen molar-refractivity contribution in [3.05, 3.63) is 17.4 Å². The Morgan fingerprint density at radius 3 is 2.50 bits per heavy atom. The first-order valence-electron chi connectivity index (χ1n) is 5.74. The van der Waals surface area contributed by atoms with Crippen LogP contribution in [0, 0.1) is 5.82 Å². The molecule has 0 bridgehead atoms. The van der Waals surface area contributed by atoms with Crippen molar-refractivity contribution in [1.82, 2.24) is 0 Å². The van der Waals surface area contributed by atoms with Crippen LogP contribution in [0.15, 0.2) is 6.07 Å². The highest BCUT2D eigenvalue weighted by molar-refractivity contribution is 5.96. The van der Waals surface area contributed by atoms with Gasteiger partial charge >= 0.3 is 6.09 Å². The van der Waals surface area contributed by atoms with Gasteiger partial charge in [0.2, 0.25) is 0 Å². The molecule has 0 unspecified atom stereocenters. The molecular formula is C13H16FNO5. The Morgan fingerprint density at radius 1 is 1.45 bits per heavy atom. The zero-order valence-electron chi connectivity index (χ0n) is 11.6. The van der Waals surface area contributed by atoms with Gasteiger partial charge in [-0.25, -0.2) is 9.18 Å². The lowest BCUT2D eigenvalue weighted by Gasteiger charge is -2.20. The Morgan fingerprint density at radius 2 is 2.05 bits per heavy atom. The number of carbonyl (C=O) groups excluding carboxylic acids is 2. The van der Waals surface area contributed by atoms with Crippen molar-refractivity contribution in [3.8, 4) is 11.5 Å². The first-order valence-corrected chi connectivity index (χ1v) is 5.74. The number of methoxy groups -OCH3 is 1. The van der Waals surface area contributed by atoms with Crippen molar-refractivity contribution >= 4 is 18.1 Å². The molecule has 0 fully saturated rings. The second kappa shape index (κ2) is 5.77. The van der Waals surface area contributed by atoms with Gasteiger partial charge in [-0.2, -0.15) is 0 Å². The Kier molecular flexibility index (Phi) is 4.54. The molecule has 0 atom stereocenters. The first kappa shape index (κ1) is 15.7. The minimum atomic E-state index is -1.03. The van der Waals surface area contributed by atoms with Crippen molar-refractivity contribution in [3.63, 3.8) is 0 Å². The molecule has 0 radical (unpaired) electrons. The molecule has 110 valence electrons. The normalized spacial score (nSPS) is 10.8. The number of halogens is 1. The number of nitrogens with one attached hydrogen (secondary N) is 1. The lowest BCUT2D eigenvalue weighted by Crippen LogP contribution is -2.27. The van der Waals surface area contributed by atoms with Crippen molar-refractivity contribution in [2.24, 2.45) is 0 Å². The third-order valence-corrected chi connectivity index (χ3v) is 2.20. The molecule has 7 heteroatoms. The molecule has 20 heavy (non-hydrogen) atoms. The van der Waals surface area contributed by atoms with E-state index in [9.17, 15) is 19.1 Å². The number of phenolic OH excluding ortho intramolecular Hbond substituents is 1. The van der Waals surface area contributed by atoms with Crippen molar-refractivity contribution < 1.29 is 28.6 Å². The van der Waals surface area contributed by atoms with Gasteiger partial charge in [0.1, 0.15) is 5.60 Å². The van der Waals surface area contributed by atoms with E-state index in [2.05, 4.69) is 5.32 Å². The Hall–Kier alpha value is -2.31. The maximum absolute atomic E-state index is 13.5. The summed E-state index contributed by atoms with van der Waals surface area (Å²) >= 11 is 0. The first-order chi connectivity index (χ1) is 9.19. The van der Waals surface area contributed by atoms with Crippen molar-refractivity contribution in [2.75, 3.05) is 12.4 Å². The maximum atomic E-state index is 13.5. The van der Waals surface area contributed by atoms with Crippen molar-refractivity contribution in [2.45, 2.75) is 26.4 Å². The molecule has 6 nitrogen and oxygen atoms in total. The van der Waals surface area contributed by atoms with Crippen LogP contribution in [0.5, 0.6) is 11.5 Å². The minimum Gasteiger partial charge on any atom is -0.502 e. The maximum Gasteiger partial charge on any atom is 0.412 e. The number of rotatable bonds is 3. The van der Waals surface area contributed by atoms with Crippen LogP contribution < -0.4 is 10.1 Å². The molecule has 0 saturated carbocycles. The fourth-order valence-corrected chi connectivity index (χ4v) is 1.47. The summed E-state index contributed by atoms with van der Waals surface area (Å²) in [5, 5.41) is 11.7. The third kappa shape index (κ3) is 3.59. The largest absolute Gasteiger partial charge is 0.502 e. The number of ether oxygens (including phenoxy) is 2. The highest BCUT2D eigenvalue weighted by Crippen LogP contribution is 2.36. The zero-order valence-corrected chi connectivity index (χ0v) is 11.6. The summed E-state index contributed by atoms with van der Waals surface area (Å²) in [6, 6.07) is 0.811. The van der Waals surface area contributed by atoms with E-state index in [1.807, 2.05) is 0 Å². The van der Waals surface area contributed by atoms with E-state index in [0.29, 0.717) is 6.29 Å². The molecule has 1 aromatic carbocycles. The van der Waals surface area contributed by atoms with Crippen LogP contribution in [0.25, 0.3) is 0 Å². The molecule has 1 aromatic rings. The fourth-order valence-electron chi connectivity index (χ4n) is 1.47. The van der Waals surface area contributed by atoms with Crippen LogP contribution in [-0.4, -0.2) is 30.2 Å². The minimum absolute atomic E-state index is 0.151. The van der Waals surface area contributed by atoms with Gasteiger partial charge in [-0.3, -0.25) is 10.1 Å². The highest BCUT2D eigenvalue weighted by Gasteiger charge is 2.22. The van der Waals surface area contributed by atoms with Crippen LogP contribution in [0.3, 0.4) is 0 Å². The van der Waals surface area contributed by atoms with Crippen LogP contribution >= 0.6 is 0 Å². The average molecular weight is 285 g/mol. The molecule has 0 aromatic heterocycles. The van der Waals surface area contributed by atoms with Crippen molar-refractivity contribution in [1.29, 1.82) is 0 Å². The van der Waals surface area contributed by atoms with Gasteiger partial charge in [-0.15, -0.1) is 0 Å². The fraction of sp³-hybridized carbons (Fsp3) is 0.385. The van der Waals surface area contributed by atoms with Crippen LogP contribution in [0.4, 0.5) is 14.9 Å². The predicted octanol–water partition coefficient (Wildman–Crippen LogP) is 2.70. The summed E-state index contributed by atoms with van der Waals surface area (Å²) in [5.41, 5.74) is -1.08. The number of aldehydes is 1. The van der Waals surface area contributed by atoms with Gasteiger partial charge in [0.25, 0.3) is 0 Å². The number of carbonyl (C=O) groups is 2. The number of anilines is 1. The second-order valence-electron chi connectivity index (χ2n) is 4.95. The van der Waals surface area contributed by atoms with E-state index in [1.165, 1.54) is 7.11 Å². The summed E-state index contributed by atoms with van der Waals surface area (Å²) in [4.78, 5) is 22.6. The average Bonchev–Trinajstić information content (AvgIpc) is 2.30. The molecule has 0 aliphatic heterocycles. The Labute approximate surface area is 115 Å². The number of amides is 1. The summed E-state index contributed by atoms with van der Waals surface area (Å²) in [6.45, 7) is 4.97. The molecule has 0 heterocycles. The van der Waals surface area contributed by atoms with Crippen LogP contribution in [-0.2, 0) is 4.74 Å². The quantitative estimate of drug-likeness (QED) is 0.659. The second-order valence-corrected chi connectivity index (χ2v) is 4.95. The van der Waals surface area contributed by atoms with Gasteiger partial charge in [0.05, 0.1) is 18.4 Å². The Bertz CT molecular complexity index is 537. The van der Waals surface area contributed by atoms with E-state index >= 15 is 0 Å². The molecule has 1 rings (SSSR count). The molecule has 1 amide bonds. The van der Waals surface area contributed by atoms with Gasteiger partial charge in [-0.05, 0) is 20.8 Å². The summed E-state index contributed by atoms with van der Waals surface area (Å²) in [7, 11) is 1.17. The number of hydrogen-bond donors (Lipinski definition) is 2. The number of hydrogen-bond acceptors (Lipinski definition) is 5. The highest BCUT2D eigenvalue weighted by atomic mass is 19.1. The number of benzene rings is 1.